The number of anilines is 1. The number of nitrogens with one attached hydrogen (secondary N) is 2. The molecule has 0 aromatic carbocycles. The van der Waals surface area contributed by atoms with Crippen molar-refractivity contribution in [3.63, 3.8) is 0 Å². The lowest BCUT2D eigenvalue weighted by Crippen LogP contribution is -3.05. The third-order valence-electron chi connectivity index (χ3n) is 4.49. The van der Waals surface area contributed by atoms with Gasteiger partial charge in [0.15, 0.2) is 5.82 Å². The Labute approximate surface area is 162 Å². The second-order valence-electron chi connectivity index (χ2n) is 7.10. The van der Waals surface area contributed by atoms with Crippen LogP contribution in [-0.2, 0) is 24.2 Å². The van der Waals surface area contributed by atoms with Gasteiger partial charge in [-0.3, -0.25) is 9.36 Å². The molecule has 0 atom stereocenters. The van der Waals surface area contributed by atoms with Crippen LogP contribution in [0.25, 0.3) is 0 Å². The van der Waals surface area contributed by atoms with Crippen LogP contribution in [0.2, 0.25) is 0 Å². The van der Waals surface area contributed by atoms with E-state index in [2.05, 4.69) is 29.6 Å². The van der Waals surface area contributed by atoms with E-state index in [1.165, 1.54) is 16.7 Å². The van der Waals surface area contributed by atoms with Crippen molar-refractivity contribution in [2.24, 2.45) is 0 Å². The van der Waals surface area contributed by atoms with Gasteiger partial charge in [0.2, 0.25) is 5.91 Å². The van der Waals surface area contributed by atoms with Crippen molar-refractivity contribution in [2.45, 2.75) is 44.2 Å². The molecule has 2 heterocycles. The van der Waals surface area contributed by atoms with Crippen molar-refractivity contribution in [3.8, 4) is 0 Å². The maximum absolute atomic E-state index is 12.5. The summed E-state index contributed by atoms with van der Waals surface area (Å²) < 4.78 is 6.76. The van der Waals surface area contributed by atoms with E-state index >= 15 is 0 Å². The van der Waals surface area contributed by atoms with Gasteiger partial charge in [0.1, 0.15) is 10.8 Å². The Kier molecular flexibility index (Phi) is 6.33. The first-order valence-corrected chi connectivity index (χ1v) is 10.2. The van der Waals surface area contributed by atoms with Gasteiger partial charge in [0.25, 0.3) is 0 Å². The molecule has 0 saturated carbocycles. The molecule has 3 rings (SSSR count). The molecule has 2 aromatic heterocycles. The largest absolute Gasteiger partial charge is 0.360 e. The van der Waals surface area contributed by atoms with E-state index in [1.54, 1.807) is 13.0 Å². The summed E-state index contributed by atoms with van der Waals surface area (Å²) in [6.45, 7) is 3.48. The normalized spacial score (nSPS) is 13.2. The molecular formula is C18H26N5O3S+. The van der Waals surface area contributed by atoms with Gasteiger partial charge in [0, 0.05) is 30.3 Å². The third-order valence-corrected chi connectivity index (χ3v) is 5.51. The number of hydrogen-bond donors (Lipinski definition) is 2. The standard InChI is InChI=1S/C18H25N5O3S/c1-12-10-15(21-26-12)19-16(24)11-27-17-13-6-4-7-14(13)23(18(25)20-17)9-5-8-22(2)3/h10H,4-9,11H2,1-3H3,(H,19,21,24)/p+1. The molecular weight excluding hydrogens is 366 g/mol. The predicted molar refractivity (Wildman–Crippen MR) is 103 cm³/mol. The molecule has 1 aliphatic carbocycles. The maximum atomic E-state index is 12.5. The number of rotatable bonds is 8. The van der Waals surface area contributed by atoms with Crippen molar-refractivity contribution in [2.75, 3.05) is 31.7 Å². The predicted octanol–water partition coefficient (Wildman–Crippen LogP) is 0.294. The van der Waals surface area contributed by atoms with Crippen molar-refractivity contribution in [3.05, 3.63) is 33.6 Å². The van der Waals surface area contributed by atoms with Crippen molar-refractivity contribution < 1.29 is 14.2 Å². The molecule has 0 radical (unpaired) electrons. The zero-order valence-corrected chi connectivity index (χ0v) is 16.8. The van der Waals surface area contributed by atoms with Crippen molar-refractivity contribution in [1.29, 1.82) is 0 Å². The monoisotopic (exact) mass is 392 g/mol. The highest BCUT2D eigenvalue weighted by Crippen LogP contribution is 2.29. The van der Waals surface area contributed by atoms with Crippen LogP contribution in [-0.4, -0.2) is 47.0 Å². The van der Waals surface area contributed by atoms with Crippen molar-refractivity contribution in [1.82, 2.24) is 14.7 Å². The SMILES string of the molecule is Cc1cc(NC(=O)CSc2nc(=O)n(CCC[NH+](C)C)c3c2CCC3)no1. The Morgan fingerprint density at radius 2 is 2.22 bits per heavy atom. The molecule has 0 unspecified atom stereocenters. The summed E-state index contributed by atoms with van der Waals surface area (Å²) in [4.78, 5) is 30.3. The Balaban J connectivity index is 1.67. The highest BCUT2D eigenvalue weighted by Gasteiger charge is 2.22. The van der Waals surface area contributed by atoms with E-state index in [9.17, 15) is 9.59 Å². The van der Waals surface area contributed by atoms with Gasteiger partial charge < -0.3 is 14.7 Å². The quantitative estimate of drug-likeness (QED) is 0.496. The molecule has 27 heavy (non-hydrogen) atoms. The van der Waals surface area contributed by atoms with Crippen LogP contribution in [0.15, 0.2) is 20.4 Å². The molecule has 0 spiro atoms. The highest BCUT2D eigenvalue weighted by atomic mass is 32.2. The summed E-state index contributed by atoms with van der Waals surface area (Å²) in [6, 6.07) is 1.66. The van der Waals surface area contributed by atoms with E-state index in [0.29, 0.717) is 23.1 Å². The Bertz CT molecular complexity index is 874. The molecule has 8 nitrogen and oxygen atoms in total. The lowest BCUT2D eigenvalue weighted by Gasteiger charge is -2.14. The zero-order chi connectivity index (χ0) is 19.4. The number of carbonyl (C=O) groups excluding carboxylic acids is 1. The van der Waals surface area contributed by atoms with Crippen molar-refractivity contribution >= 4 is 23.5 Å². The van der Waals surface area contributed by atoms with Crippen LogP contribution in [0, 0.1) is 6.92 Å². The van der Waals surface area contributed by atoms with Crippen LogP contribution in [0.5, 0.6) is 0 Å². The van der Waals surface area contributed by atoms with E-state index < -0.39 is 0 Å². The fourth-order valence-corrected chi connectivity index (χ4v) is 4.14. The molecule has 2 N–H and O–H groups in total. The van der Waals surface area contributed by atoms with Gasteiger partial charge in [-0.15, -0.1) is 0 Å². The minimum atomic E-state index is -0.209. The molecule has 0 bridgehead atoms. The first-order chi connectivity index (χ1) is 12.9. The summed E-state index contributed by atoms with van der Waals surface area (Å²) in [5.74, 6) is 1.02. The first kappa shape index (κ1) is 19.6. The zero-order valence-electron chi connectivity index (χ0n) is 16.0. The van der Waals surface area contributed by atoms with Crippen LogP contribution >= 0.6 is 11.8 Å². The van der Waals surface area contributed by atoms with Crippen LogP contribution in [0.1, 0.15) is 29.9 Å². The van der Waals surface area contributed by atoms with E-state index in [1.807, 2.05) is 4.57 Å². The Hall–Kier alpha value is -2.13. The third kappa shape index (κ3) is 4.98. The minimum Gasteiger partial charge on any atom is -0.360 e. The molecule has 0 fully saturated rings. The topological polar surface area (TPSA) is 94.5 Å². The van der Waals surface area contributed by atoms with Gasteiger partial charge in [-0.1, -0.05) is 16.9 Å². The number of hydrogen-bond acceptors (Lipinski definition) is 6. The lowest BCUT2D eigenvalue weighted by molar-refractivity contribution is -0.858. The summed E-state index contributed by atoms with van der Waals surface area (Å²) in [7, 11) is 4.22. The average Bonchev–Trinajstić information content (AvgIpc) is 3.24. The molecule has 2 aromatic rings. The number of amides is 1. The Morgan fingerprint density at radius 3 is 2.93 bits per heavy atom. The number of thioether (sulfide) groups is 1. The van der Waals surface area contributed by atoms with Gasteiger partial charge in [0.05, 0.1) is 26.4 Å². The smallest absolute Gasteiger partial charge is 0.348 e. The van der Waals surface area contributed by atoms with Crippen LogP contribution in [0.4, 0.5) is 5.82 Å². The highest BCUT2D eigenvalue weighted by molar-refractivity contribution is 8.00. The molecule has 1 aliphatic rings. The number of fused-ring (bicyclic) bond motifs is 1. The number of nitrogens with zero attached hydrogens (tertiary/aromatic N) is 3. The molecule has 1 amide bonds. The fraction of sp³-hybridized carbons (Fsp3) is 0.556. The maximum Gasteiger partial charge on any atom is 0.348 e. The van der Waals surface area contributed by atoms with Gasteiger partial charge in [-0.05, 0) is 26.2 Å². The first-order valence-electron chi connectivity index (χ1n) is 9.21. The fourth-order valence-electron chi connectivity index (χ4n) is 3.27. The lowest BCUT2D eigenvalue weighted by atomic mass is 10.2. The Morgan fingerprint density at radius 1 is 1.41 bits per heavy atom. The second-order valence-corrected chi connectivity index (χ2v) is 8.06. The summed E-state index contributed by atoms with van der Waals surface area (Å²) in [5.41, 5.74) is 2.01. The van der Waals surface area contributed by atoms with Gasteiger partial charge >= 0.3 is 5.69 Å². The summed E-state index contributed by atoms with van der Waals surface area (Å²) >= 11 is 1.31. The number of aryl methyl sites for hydroxylation is 1. The summed E-state index contributed by atoms with van der Waals surface area (Å²) in [5, 5.41) is 7.12. The number of carbonyl (C=O) groups is 1. The number of aromatic nitrogens is 3. The van der Waals surface area contributed by atoms with Gasteiger partial charge in [-0.25, -0.2) is 4.79 Å². The van der Waals surface area contributed by atoms with E-state index in [0.717, 1.165) is 43.5 Å². The van der Waals surface area contributed by atoms with Crippen LogP contribution in [0.3, 0.4) is 0 Å². The molecule has 9 heteroatoms. The minimum absolute atomic E-state index is 0.179. The number of quaternary nitrogens is 1. The van der Waals surface area contributed by atoms with Gasteiger partial charge in [-0.2, -0.15) is 4.98 Å². The molecule has 0 saturated heterocycles. The summed E-state index contributed by atoms with van der Waals surface area (Å²) in [6.07, 6.45) is 3.79. The second kappa shape index (κ2) is 8.71. The average molecular weight is 393 g/mol. The molecule has 0 aliphatic heterocycles. The van der Waals surface area contributed by atoms with Crippen LogP contribution < -0.4 is 15.9 Å². The van der Waals surface area contributed by atoms with E-state index in [4.69, 9.17) is 4.52 Å². The van der Waals surface area contributed by atoms with E-state index in [-0.39, 0.29) is 17.3 Å². The molecule has 146 valence electrons.